The highest BCUT2D eigenvalue weighted by molar-refractivity contribution is 7.99. The van der Waals surface area contributed by atoms with Crippen LogP contribution in [-0.4, -0.2) is 44.5 Å². The van der Waals surface area contributed by atoms with Crippen molar-refractivity contribution in [3.05, 3.63) is 66.0 Å². The first kappa shape index (κ1) is 20.1. The molecule has 1 fully saturated rings. The summed E-state index contributed by atoms with van der Waals surface area (Å²) in [6.45, 7) is 0. The smallest absolute Gasteiger partial charge is 0.233 e. The van der Waals surface area contributed by atoms with Crippen molar-refractivity contribution in [2.75, 3.05) is 12.9 Å². The number of amides is 1. The minimum Gasteiger partial charge on any atom is -0.497 e. The van der Waals surface area contributed by atoms with Gasteiger partial charge >= 0.3 is 0 Å². The van der Waals surface area contributed by atoms with Crippen LogP contribution in [0.1, 0.15) is 42.9 Å². The van der Waals surface area contributed by atoms with Gasteiger partial charge in [-0.1, -0.05) is 36.0 Å². The number of carbonyl (C=O) groups excluding carboxylic acids is 1. The maximum atomic E-state index is 13.4. The van der Waals surface area contributed by atoms with E-state index in [1.54, 1.807) is 13.4 Å². The van der Waals surface area contributed by atoms with Crippen LogP contribution in [0, 0.1) is 0 Å². The lowest BCUT2D eigenvalue weighted by atomic mass is 9.86. The Labute approximate surface area is 186 Å². The number of benzene rings is 2. The molecule has 1 amide bonds. The second-order valence-electron chi connectivity index (χ2n) is 8.11. The summed E-state index contributed by atoms with van der Waals surface area (Å²) in [6.07, 6.45) is 7.20. The van der Waals surface area contributed by atoms with Crippen molar-refractivity contribution in [2.24, 2.45) is 0 Å². The molecule has 7 heteroatoms. The number of ether oxygens (including phenoxy) is 1. The maximum absolute atomic E-state index is 13.4. The van der Waals surface area contributed by atoms with E-state index in [2.05, 4.69) is 39.4 Å². The number of aromatic nitrogens is 3. The molecule has 6 nitrogen and oxygen atoms in total. The molecule has 5 rings (SSSR count). The third kappa shape index (κ3) is 4.19. The van der Waals surface area contributed by atoms with Gasteiger partial charge in [-0.15, -0.1) is 10.2 Å². The summed E-state index contributed by atoms with van der Waals surface area (Å²) < 4.78 is 7.15. The van der Waals surface area contributed by atoms with Gasteiger partial charge in [0.05, 0.1) is 18.9 Å². The highest BCUT2D eigenvalue weighted by atomic mass is 32.2. The molecule has 1 aromatic heterocycles. The zero-order valence-corrected chi connectivity index (χ0v) is 18.4. The lowest BCUT2D eigenvalue weighted by Crippen LogP contribution is -2.39. The summed E-state index contributed by atoms with van der Waals surface area (Å²) in [7, 11) is 1.65. The van der Waals surface area contributed by atoms with Crippen LogP contribution < -0.4 is 4.74 Å². The standard InChI is InChI=1S/C24H26N4O2S/c1-30-20-13-11-18(12-14-20)27-16-25-26-24(27)31-15-23(29)28(19-9-10-19)22-8-4-6-17-5-2-3-7-21(17)22/h2-3,5,7,11-14,16,19,22H,4,6,8-10,15H2,1H3. The van der Waals surface area contributed by atoms with Gasteiger partial charge < -0.3 is 9.64 Å². The predicted octanol–water partition coefficient (Wildman–Crippen LogP) is 4.44. The van der Waals surface area contributed by atoms with Gasteiger partial charge in [-0.05, 0) is 67.5 Å². The highest BCUT2D eigenvalue weighted by Gasteiger charge is 2.39. The van der Waals surface area contributed by atoms with Crippen molar-refractivity contribution in [3.8, 4) is 11.4 Å². The first-order valence-corrected chi connectivity index (χ1v) is 11.8. The molecule has 0 radical (unpaired) electrons. The molecule has 1 atom stereocenters. The molecule has 160 valence electrons. The van der Waals surface area contributed by atoms with Crippen LogP contribution in [0.25, 0.3) is 5.69 Å². The van der Waals surface area contributed by atoms with Crippen LogP contribution in [0.15, 0.2) is 60.0 Å². The van der Waals surface area contributed by atoms with E-state index in [1.165, 1.54) is 22.9 Å². The molecular formula is C24H26N4O2S. The average molecular weight is 435 g/mol. The number of carbonyl (C=O) groups is 1. The van der Waals surface area contributed by atoms with E-state index in [4.69, 9.17) is 4.74 Å². The first-order chi connectivity index (χ1) is 15.2. The molecule has 1 unspecified atom stereocenters. The normalized spacial score (nSPS) is 17.8. The van der Waals surface area contributed by atoms with E-state index >= 15 is 0 Å². The van der Waals surface area contributed by atoms with Gasteiger partial charge in [0.2, 0.25) is 5.91 Å². The van der Waals surface area contributed by atoms with Crippen LogP contribution in [0.2, 0.25) is 0 Å². The largest absolute Gasteiger partial charge is 0.497 e. The molecule has 2 aromatic carbocycles. The summed E-state index contributed by atoms with van der Waals surface area (Å²) in [5.74, 6) is 1.36. The quantitative estimate of drug-likeness (QED) is 0.515. The summed E-state index contributed by atoms with van der Waals surface area (Å²) in [6, 6.07) is 16.9. The zero-order chi connectivity index (χ0) is 21.2. The minimum absolute atomic E-state index is 0.193. The summed E-state index contributed by atoms with van der Waals surface area (Å²) in [5.41, 5.74) is 3.67. The van der Waals surface area contributed by atoms with Gasteiger partial charge in [-0.25, -0.2) is 0 Å². The fourth-order valence-corrected chi connectivity index (χ4v) is 5.24. The predicted molar refractivity (Wildman–Crippen MR) is 121 cm³/mol. The fourth-order valence-electron chi connectivity index (χ4n) is 4.45. The van der Waals surface area contributed by atoms with Crippen molar-refractivity contribution in [3.63, 3.8) is 0 Å². The van der Waals surface area contributed by atoms with Gasteiger partial charge in [0.25, 0.3) is 0 Å². The van der Waals surface area contributed by atoms with Gasteiger partial charge in [0, 0.05) is 11.7 Å². The molecule has 0 N–H and O–H groups in total. The number of nitrogens with zero attached hydrogens (tertiary/aromatic N) is 4. The second kappa shape index (κ2) is 8.75. The van der Waals surface area contributed by atoms with Crippen LogP contribution >= 0.6 is 11.8 Å². The molecule has 0 bridgehead atoms. The Morgan fingerprint density at radius 3 is 2.74 bits per heavy atom. The number of hydrogen-bond donors (Lipinski definition) is 0. The molecule has 2 aliphatic rings. The highest BCUT2D eigenvalue weighted by Crippen LogP contribution is 2.41. The van der Waals surface area contributed by atoms with E-state index < -0.39 is 0 Å². The Bertz CT molecular complexity index is 1060. The zero-order valence-electron chi connectivity index (χ0n) is 17.6. The average Bonchev–Trinajstić information content (AvgIpc) is 3.54. The Kier molecular flexibility index (Phi) is 5.68. The number of fused-ring (bicyclic) bond motifs is 1. The first-order valence-electron chi connectivity index (χ1n) is 10.8. The Morgan fingerprint density at radius 2 is 1.97 bits per heavy atom. The van der Waals surface area contributed by atoms with Crippen LogP contribution in [0.5, 0.6) is 5.75 Å². The van der Waals surface area contributed by atoms with Crippen molar-refractivity contribution >= 4 is 17.7 Å². The van der Waals surface area contributed by atoms with Gasteiger partial charge in [0.1, 0.15) is 12.1 Å². The van der Waals surface area contributed by atoms with Gasteiger partial charge in [0.15, 0.2) is 5.16 Å². The molecule has 31 heavy (non-hydrogen) atoms. The van der Waals surface area contributed by atoms with E-state index in [-0.39, 0.29) is 11.9 Å². The number of thioether (sulfide) groups is 1. The van der Waals surface area contributed by atoms with E-state index in [0.29, 0.717) is 11.8 Å². The lowest BCUT2D eigenvalue weighted by molar-refractivity contribution is -0.131. The van der Waals surface area contributed by atoms with Gasteiger partial charge in [-0.3, -0.25) is 9.36 Å². The third-order valence-electron chi connectivity index (χ3n) is 6.09. The molecule has 0 aliphatic heterocycles. The fraction of sp³-hybridized carbons (Fsp3) is 0.375. The van der Waals surface area contributed by atoms with E-state index in [9.17, 15) is 4.79 Å². The van der Waals surface area contributed by atoms with Crippen LogP contribution in [0.4, 0.5) is 0 Å². The Hall–Kier alpha value is -2.80. The number of aryl methyl sites for hydroxylation is 1. The monoisotopic (exact) mass is 434 g/mol. The molecule has 1 saturated carbocycles. The number of hydrogen-bond acceptors (Lipinski definition) is 5. The van der Waals surface area contributed by atoms with E-state index in [0.717, 1.165) is 48.7 Å². The lowest BCUT2D eigenvalue weighted by Gasteiger charge is -2.36. The molecule has 0 saturated heterocycles. The Balaban J connectivity index is 1.32. The topological polar surface area (TPSA) is 60.2 Å². The van der Waals surface area contributed by atoms with Crippen LogP contribution in [-0.2, 0) is 11.2 Å². The molecular weight excluding hydrogens is 408 g/mol. The number of methoxy groups -OCH3 is 1. The van der Waals surface area contributed by atoms with Crippen molar-refractivity contribution in [1.82, 2.24) is 19.7 Å². The van der Waals surface area contributed by atoms with Crippen molar-refractivity contribution in [2.45, 2.75) is 49.3 Å². The summed E-state index contributed by atoms with van der Waals surface area (Å²) in [4.78, 5) is 15.6. The Morgan fingerprint density at radius 1 is 1.16 bits per heavy atom. The molecule has 0 spiro atoms. The number of rotatable bonds is 7. The molecule has 2 aliphatic carbocycles. The van der Waals surface area contributed by atoms with E-state index in [1.807, 2.05) is 28.8 Å². The second-order valence-corrected chi connectivity index (χ2v) is 9.05. The van der Waals surface area contributed by atoms with Crippen LogP contribution in [0.3, 0.4) is 0 Å². The van der Waals surface area contributed by atoms with Gasteiger partial charge in [-0.2, -0.15) is 0 Å². The van der Waals surface area contributed by atoms with Crippen molar-refractivity contribution < 1.29 is 9.53 Å². The summed E-state index contributed by atoms with van der Waals surface area (Å²) >= 11 is 1.45. The SMILES string of the molecule is COc1ccc(-n2cnnc2SCC(=O)N(C2CC2)C2CCCc3ccccc32)cc1. The van der Waals surface area contributed by atoms with Crippen molar-refractivity contribution in [1.29, 1.82) is 0 Å². The molecule has 3 aromatic rings. The minimum atomic E-state index is 0.193. The molecule has 1 heterocycles. The third-order valence-corrected chi connectivity index (χ3v) is 7.02. The summed E-state index contributed by atoms with van der Waals surface area (Å²) in [5, 5.41) is 9.04. The maximum Gasteiger partial charge on any atom is 0.233 e.